The minimum Gasteiger partial charge on any atom is -0.485 e. The Kier molecular flexibility index (Phi) is 11.8. The van der Waals surface area contributed by atoms with Crippen molar-refractivity contribution < 1.29 is 92.9 Å². The van der Waals surface area contributed by atoms with E-state index in [2.05, 4.69) is 5.32 Å². The fourth-order valence-corrected chi connectivity index (χ4v) is 2.62. The van der Waals surface area contributed by atoms with Crippen LogP contribution in [-0.4, -0.2) is 43.6 Å². The van der Waals surface area contributed by atoms with Gasteiger partial charge in [0.05, 0.1) is 5.75 Å². The number of amides is 1. The molecule has 0 spiro atoms. The van der Waals surface area contributed by atoms with Crippen molar-refractivity contribution in [3.05, 3.63) is 59.7 Å². The van der Waals surface area contributed by atoms with E-state index in [1.807, 2.05) is 6.07 Å². The number of ether oxygens (including phenoxy) is 3. The quantitative estimate of drug-likeness (QED) is 0.380. The average Bonchev–Trinajstić information content (AvgIpc) is 2.73. The average molecular weight is 505 g/mol. The van der Waals surface area contributed by atoms with Crippen LogP contribution < -0.4 is 66.9 Å². The summed E-state index contributed by atoms with van der Waals surface area (Å²) in [6.07, 6.45) is 0. The zero-order valence-electron chi connectivity index (χ0n) is 19.4. The molecule has 0 heterocycles. The van der Waals surface area contributed by atoms with E-state index in [0.717, 1.165) is 17.7 Å². The smallest absolute Gasteiger partial charge is 0.485 e. The number of benzene rings is 2. The van der Waals surface area contributed by atoms with Gasteiger partial charge in [-0.2, -0.15) is 0 Å². The molecular weight excluding hydrogens is 481 g/mol. The Morgan fingerprint density at radius 1 is 0.971 bits per heavy atom. The van der Waals surface area contributed by atoms with E-state index >= 15 is 0 Å². The molecular formula is C22H24BF3KNO6. The molecule has 2 aromatic carbocycles. The van der Waals surface area contributed by atoms with Gasteiger partial charge in [0.2, 0.25) is 0 Å². The summed E-state index contributed by atoms with van der Waals surface area (Å²) in [6, 6.07) is 11.4. The van der Waals surface area contributed by atoms with E-state index in [0.29, 0.717) is 6.07 Å². The first-order valence-corrected chi connectivity index (χ1v) is 10.0. The molecule has 0 aliphatic heterocycles. The predicted octanol–water partition coefficient (Wildman–Crippen LogP) is -0.0613. The van der Waals surface area contributed by atoms with E-state index in [1.54, 1.807) is 45.0 Å². The summed E-state index contributed by atoms with van der Waals surface area (Å²) in [6.45, 7) is -1.90. The van der Waals surface area contributed by atoms with Gasteiger partial charge in [0.25, 0.3) is 5.91 Å². The minimum absolute atomic E-state index is 0. The van der Waals surface area contributed by atoms with Gasteiger partial charge in [-0.05, 0) is 32.4 Å². The molecule has 0 fully saturated rings. The Hall–Kier alpha value is -1.86. The van der Waals surface area contributed by atoms with Crippen LogP contribution in [-0.2, 0) is 25.7 Å². The van der Waals surface area contributed by atoms with Gasteiger partial charge in [-0.3, -0.25) is 9.59 Å². The zero-order chi connectivity index (χ0) is 24.6. The molecule has 34 heavy (non-hydrogen) atoms. The van der Waals surface area contributed by atoms with Crippen LogP contribution in [0.5, 0.6) is 5.75 Å². The third-order valence-corrected chi connectivity index (χ3v) is 4.03. The fourth-order valence-electron chi connectivity index (χ4n) is 2.62. The van der Waals surface area contributed by atoms with E-state index in [4.69, 9.17) is 14.2 Å². The zero-order valence-corrected chi connectivity index (χ0v) is 22.5. The topological polar surface area (TPSA) is 90.9 Å². The van der Waals surface area contributed by atoms with E-state index < -0.39 is 54.8 Å². The normalized spacial score (nSPS) is 11.1. The van der Waals surface area contributed by atoms with Crippen molar-refractivity contribution in [1.82, 2.24) is 5.32 Å². The molecule has 12 heteroatoms. The Morgan fingerprint density at radius 2 is 1.62 bits per heavy atom. The van der Waals surface area contributed by atoms with Gasteiger partial charge in [0, 0.05) is 5.56 Å². The largest absolute Gasteiger partial charge is 1.00 e. The summed E-state index contributed by atoms with van der Waals surface area (Å²) in [5.74, 6) is -3.08. The standard InChI is InChI=1S/C22H24BF3NO6.K/c1-22(2,3)33-20(29)14-31-18-11-16(9-10-17(18)23(24,25)26)21(30)27-12-19(28)32-13-15-7-5-4-6-8-15;/h4-11H,12-14H2,1-3H3,(H,27,30);/q-1;+1. The first-order chi connectivity index (χ1) is 15.3. The molecule has 0 aliphatic carbocycles. The number of hydrogen-bond acceptors (Lipinski definition) is 6. The number of hydrogen-bond donors (Lipinski definition) is 1. The molecule has 2 rings (SSSR count). The third-order valence-electron chi connectivity index (χ3n) is 4.03. The van der Waals surface area contributed by atoms with Crippen molar-refractivity contribution in [2.24, 2.45) is 0 Å². The van der Waals surface area contributed by atoms with Gasteiger partial charge in [0.15, 0.2) is 6.61 Å². The van der Waals surface area contributed by atoms with Crippen LogP contribution in [0.25, 0.3) is 0 Å². The second-order valence-corrected chi connectivity index (χ2v) is 8.03. The Bertz CT molecular complexity index is 996. The molecule has 0 bridgehead atoms. The Morgan fingerprint density at radius 3 is 2.21 bits per heavy atom. The maximum Gasteiger partial charge on any atom is 1.00 e. The van der Waals surface area contributed by atoms with E-state index in [1.165, 1.54) is 0 Å². The summed E-state index contributed by atoms with van der Waals surface area (Å²) < 4.78 is 55.1. The Labute approximate surface area is 238 Å². The van der Waals surface area contributed by atoms with Gasteiger partial charge in [-0.15, -0.1) is 0 Å². The van der Waals surface area contributed by atoms with Crippen molar-refractivity contribution >= 4 is 30.3 Å². The molecule has 0 radical (unpaired) electrons. The molecule has 2 aromatic rings. The van der Waals surface area contributed by atoms with Gasteiger partial charge in [0.1, 0.15) is 18.8 Å². The molecule has 0 saturated heterocycles. The molecule has 0 aromatic heterocycles. The first kappa shape index (κ1) is 30.2. The molecule has 1 N–H and O–H groups in total. The summed E-state index contributed by atoms with van der Waals surface area (Å²) in [5.41, 5.74) is -1.37. The maximum atomic E-state index is 13.4. The van der Waals surface area contributed by atoms with Crippen LogP contribution in [0.15, 0.2) is 48.5 Å². The summed E-state index contributed by atoms with van der Waals surface area (Å²) in [4.78, 5) is 36.0. The van der Waals surface area contributed by atoms with Crippen LogP contribution in [0.4, 0.5) is 12.9 Å². The van der Waals surface area contributed by atoms with Gasteiger partial charge in [-0.1, -0.05) is 47.9 Å². The Balaban J connectivity index is 0.00000578. The minimum atomic E-state index is -5.47. The molecule has 178 valence electrons. The van der Waals surface area contributed by atoms with Crippen molar-refractivity contribution in [2.75, 3.05) is 13.2 Å². The summed E-state index contributed by atoms with van der Waals surface area (Å²) in [7, 11) is 0. The summed E-state index contributed by atoms with van der Waals surface area (Å²) in [5, 5.41) is 2.28. The van der Waals surface area contributed by atoms with Crippen molar-refractivity contribution in [2.45, 2.75) is 33.0 Å². The van der Waals surface area contributed by atoms with E-state index in [-0.39, 0.29) is 63.6 Å². The van der Waals surface area contributed by atoms with Crippen molar-refractivity contribution in [3.8, 4) is 5.75 Å². The van der Waals surface area contributed by atoms with Gasteiger partial charge < -0.3 is 32.5 Å². The van der Waals surface area contributed by atoms with Gasteiger partial charge in [-0.25, -0.2) is 4.79 Å². The second kappa shape index (κ2) is 13.3. The fraction of sp³-hybridized carbons (Fsp3) is 0.318. The number of rotatable bonds is 9. The van der Waals surface area contributed by atoms with Crippen LogP contribution >= 0.6 is 0 Å². The maximum absolute atomic E-state index is 13.4. The monoisotopic (exact) mass is 505 g/mol. The van der Waals surface area contributed by atoms with Crippen LogP contribution in [0.2, 0.25) is 0 Å². The molecule has 1 amide bonds. The van der Waals surface area contributed by atoms with Crippen LogP contribution in [0, 0.1) is 0 Å². The number of esters is 2. The predicted molar refractivity (Wildman–Crippen MR) is 115 cm³/mol. The summed E-state index contributed by atoms with van der Waals surface area (Å²) >= 11 is 0. The van der Waals surface area contributed by atoms with Crippen LogP contribution in [0.3, 0.4) is 0 Å². The SMILES string of the molecule is CC(C)(C)OC(=O)COc1cc(C(=O)NCC(=O)OCc2ccccc2)ccc1[B-](F)(F)F.[K+]. The molecule has 0 unspecified atom stereocenters. The van der Waals surface area contributed by atoms with E-state index in [9.17, 15) is 27.3 Å². The number of nitrogens with one attached hydrogen (secondary N) is 1. The van der Waals surface area contributed by atoms with Crippen LogP contribution in [0.1, 0.15) is 36.7 Å². The molecule has 0 atom stereocenters. The molecule has 0 aliphatic rings. The number of halogens is 3. The third kappa shape index (κ3) is 10.6. The van der Waals surface area contributed by atoms with Gasteiger partial charge >= 0.3 is 70.3 Å². The van der Waals surface area contributed by atoms with Crippen molar-refractivity contribution in [1.29, 1.82) is 0 Å². The number of carbonyl (C=O) groups excluding carboxylic acids is 3. The first-order valence-electron chi connectivity index (χ1n) is 10.0. The molecule has 0 saturated carbocycles. The number of carbonyl (C=O) groups is 3. The second-order valence-electron chi connectivity index (χ2n) is 8.03. The van der Waals surface area contributed by atoms with Crippen molar-refractivity contribution in [3.63, 3.8) is 0 Å². The molecule has 7 nitrogen and oxygen atoms in total.